The Morgan fingerprint density at radius 2 is 1.91 bits per heavy atom. The highest BCUT2D eigenvalue weighted by Gasteiger charge is 2.27. The second kappa shape index (κ2) is 9.08. The predicted octanol–water partition coefficient (Wildman–Crippen LogP) is 3.43. The highest BCUT2D eigenvalue weighted by molar-refractivity contribution is 6.30. The van der Waals surface area contributed by atoms with E-state index < -0.39 is 0 Å². The lowest BCUT2D eigenvalue weighted by Crippen LogP contribution is -2.40. The molecule has 1 N–H and O–H groups in total. The van der Waals surface area contributed by atoms with Crippen LogP contribution in [0.4, 0.5) is 5.69 Å². The van der Waals surface area contributed by atoms with Gasteiger partial charge in [0.05, 0.1) is 23.5 Å². The van der Waals surface area contributed by atoms with Gasteiger partial charge < -0.3 is 9.84 Å². The quantitative estimate of drug-likeness (QED) is 0.470. The molecule has 0 bridgehead atoms. The molecule has 0 radical (unpaired) electrons. The third-order valence-electron chi connectivity index (χ3n) is 6.35. The zero-order valence-corrected chi connectivity index (χ0v) is 19.7. The number of carbonyl (C=O) groups excluding carboxylic acids is 1. The van der Waals surface area contributed by atoms with Crippen LogP contribution in [0, 0.1) is 5.92 Å². The lowest BCUT2D eigenvalue weighted by molar-refractivity contribution is -0.121. The molecule has 0 aliphatic carbocycles. The second-order valence-corrected chi connectivity index (χ2v) is 9.12. The first-order valence-electron chi connectivity index (χ1n) is 11.2. The molecule has 0 saturated carbocycles. The summed E-state index contributed by atoms with van der Waals surface area (Å²) >= 11 is 5.95. The molecule has 3 heterocycles. The number of halogens is 1. The fourth-order valence-corrected chi connectivity index (χ4v) is 4.59. The minimum Gasteiger partial charge on any atom is -0.338 e. The van der Waals surface area contributed by atoms with Crippen LogP contribution >= 0.6 is 11.6 Å². The summed E-state index contributed by atoms with van der Waals surface area (Å²) < 4.78 is 8.61. The van der Waals surface area contributed by atoms with Crippen molar-refractivity contribution in [3.63, 3.8) is 0 Å². The summed E-state index contributed by atoms with van der Waals surface area (Å²) in [5.74, 6) is 0.852. The molecule has 34 heavy (non-hydrogen) atoms. The Balaban J connectivity index is 1.23. The van der Waals surface area contributed by atoms with Crippen molar-refractivity contribution in [1.29, 1.82) is 0 Å². The van der Waals surface area contributed by atoms with Gasteiger partial charge in [-0.25, -0.2) is 4.79 Å². The summed E-state index contributed by atoms with van der Waals surface area (Å²) in [7, 11) is 3.46. The first-order valence-corrected chi connectivity index (χ1v) is 11.5. The van der Waals surface area contributed by atoms with Gasteiger partial charge in [0.15, 0.2) is 0 Å². The van der Waals surface area contributed by atoms with E-state index in [0.717, 1.165) is 36.0 Å². The van der Waals surface area contributed by atoms with Crippen molar-refractivity contribution in [1.82, 2.24) is 24.2 Å². The largest absolute Gasteiger partial charge is 0.338 e. The number of carbonyl (C=O) groups is 1. The maximum absolute atomic E-state index is 13.0. The Morgan fingerprint density at radius 3 is 2.71 bits per heavy atom. The number of hydrogen-bond donors (Lipinski definition) is 1. The van der Waals surface area contributed by atoms with Gasteiger partial charge in [0.1, 0.15) is 0 Å². The molecule has 1 fully saturated rings. The van der Waals surface area contributed by atoms with Gasteiger partial charge in [-0.1, -0.05) is 16.8 Å². The highest BCUT2D eigenvalue weighted by Crippen LogP contribution is 2.23. The third kappa shape index (κ3) is 4.36. The number of rotatable bonds is 5. The number of nitrogens with one attached hydrogen (secondary N) is 1. The van der Waals surface area contributed by atoms with Crippen molar-refractivity contribution >= 4 is 34.2 Å². The fraction of sp³-hybridized carbons (Fsp3) is 0.333. The van der Waals surface area contributed by atoms with Crippen LogP contribution in [0.1, 0.15) is 18.7 Å². The molecular formula is C24H25ClN6O3. The number of nitrogens with zero attached hydrogens (tertiary/aromatic N) is 5. The number of aromatic nitrogens is 4. The highest BCUT2D eigenvalue weighted by atomic mass is 35.5. The minimum absolute atomic E-state index is 0.0302. The van der Waals surface area contributed by atoms with E-state index in [-0.39, 0.29) is 17.5 Å². The van der Waals surface area contributed by atoms with Gasteiger partial charge in [0.25, 0.3) is 0 Å². The van der Waals surface area contributed by atoms with Crippen LogP contribution in [0.15, 0.2) is 51.8 Å². The number of aryl methyl sites for hydroxylation is 2. The Kier molecular flexibility index (Phi) is 5.97. The molecule has 10 heteroatoms. The van der Waals surface area contributed by atoms with Gasteiger partial charge in [0, 0.05) is 36.9 Å². The number of imidazole rings is 1. The van der Waals surface area contributed by atoms with Gasteiger partial charge >= 0.3 is 5.69 Å². The zero-order chi connectivity index (χ0) is 23.8. The van der Waals surface area contributed by atoms with Crippen molar-refractivity contribution < 1.29 is 9.32 Å². The molecule has 1 unspecified atom stereocenters. The Morgan fingerprint density at radius 1 is 1.15 bits per heavy atom. The third-order valence-corrected chi connectivity index (χ3v) is 6.60. The molecule has 1 aliphatic rings. The number of benzene rings is 2. The second-order valence-electron chi connectivity index (χ2n) is 8.69. The van der Waals surface area contributed by atoms with Crippen LogP contribution in [-0.4, -0.2) is 43.2 Å². The molecule has 176 valence electrons. The normalized spacial score (nSPS) is 16.7. The molecule has 1 aliphatic heterocycles. The van der Waals surface area contributed by atoms with Gasteiger partial charge in [-0.3, -0.25) is 18.8 Å². The molecule has 9 nitrogen and oxygen atoms in total. The van der Waals surface area contributed by atoms with E-state index in [2.05, 4.69) is 20.4 Å². The number of fused-ring (bicyclic) bond motifs is 1. The van der Waals surface area contributed by atoms with Crippen LogP contribution in [0.25, 0.3) is 22.4 Å². The van der Waals surface area contributed by atoms with E-state index in [4.69, 9.17) is 16.1 Å². The SMILES string of the molecule is Cn1c(=O)n(C)c2cc(NC(=O)C3CCCN(Cc4nc(-c5ccc(Cl)cc5)no4)C3)ccc21. The molecule has 5 rings (SSSR count). The van der Waals surface area contributed by atoms with E-state index in [1.165, 1.54) is 0 Å². The minimum atomic E-state index is -0.150. The maximum Gasteiger partial charge on any atom is 0.328 e. The van der Waals surface area contributed by atoms with E-state index in [9.17, 15) is 9.59 Å². The zero-order valence-electron chi connectivity index (χ0n) is 19.0. The van der Waals surface area contributed by atoms with Gasteiger partial charge in [-0.15, -0.1) is 0 Å². The first-order chi connectivity index (χ1) is 16.4. The van der Waals surface area contributed by atoms with Gasteiger partial charge in [0.2, 0.25) is 17.6 Å². The van der Waals surface area contributed by atoms with Crippen LogP contribution < -0.4 is 11.0 Å². The monoisotopic (exact) mass is 480 g/mol. The summed E-state index contributed by atoms with van der Waals surface area (Å²) in [5, 5.41) is 7.74. The first kappa shape index (κ1) is 22.4. The summed E-state index contributed by atoms with van der Waals surface area (Å²) in [5.41, 5.74) is 3.03. The van der Waals surface area contributed by atoms with Gasteiger partial charge in [-0.2, -0.15) is 4.98 Å². The summed E-state index contributed by atoms with van der Waals surface area (Å²) in [6.07, 6.45) is 1.72. The number of piperidine rings is 1. The number of anilines is 1. The Hall–Kier alpha value is -3.43. The Labute approximate surface area is 200 Å². The average molecular weight is 481 g/mol. The van der Waals surface area contributed by atoms with Crippen LogP contribution in [0.2, 0.25) is 5.02 Å². The molecule has 0 spiro atoms. The fourth-order valence-electron chi connectivity index (χ4n) is 4.47. The van der Waals surface area contributed by atoms with Crippen molar-refractivity contribution in [2.24, 2.45) is 20.0 Å². The van der Waals surface area contributed by atoms with E-state index >= 15 is 0 Å². The summed E-state index contributed by atoms with van der Waals surface area (Å²) in [6, 6.07) is 12.8. The summed E-state index contributed by atoms with van der Waals surface area (Å²) in [4.78, 5) is 31.8. The lowest BCUT2D eigenvalue weighted by Gasteiger charge is -2.30. The predicted molar refractivity (Wildman–Crippen MR) is 130 cm³/mol. The van der Waals surface area contributed by atoms with Crippen molar-refractivity contribution in [3.05, 3.63) is 63.9 Å². The van der Waals surface area contributed by atoms with Crippen molar-refractivity contribution in [2.75, 3.05) is 18.4 Å². The van der Waals surface area contributed by atoms with Crippen LogP contribution in [0.3, 0.4) is 0 Å². The number of hydrogen-bond acceptors (Lipinski definition) is 6. The molecule has 2 aromatic heterocycles. The summed E-state index contributed by atoms with van der Waals surface area (Å²) in [6.45, 7) is 1.96. The topological polar surface area (TPSA) is 98.2 Å². The Bertz CT molecular complexity index is 1400. The smallest absolute Gasteiger partial charge is 0.328 e. The molecule has 2 aromatic carbocycles. The standard InChI is InChI=1S/C24H25ClN6O3/c1-29-19-10-9-18(12-20(19)30(2)24(29)33)26-23(32)16-4-3-11-31(13-16)14-21-27-22(28-34-21)15-5-7-17(25)8-6-15/h5-10,12,16H,3-4,11,13-14H2,1-2H3,(H,26,32). The lowest BCUT2D eigenvalue weighted by atomic mass is 9.97. The van der Waals surface area contributed by atoms with Crippen molar-refractivity contribution in [3.8, 4) is 11.4 Å². The molecule has 1 atom stereocenters. The van der Waals surface area contributed by atoms with Crippen LogP contribution in [-0.2, 0) is 25.4 Å². The maximum atomic E-state index is 13.0. The average Bonchev–Trinajstić information content (AvgIpc) is 3.39. The van der Waals surface area contributed by atoms with E-state index in [0.29, 0.717) is 35.5 Å². The van der Waals surface area contributed by atoms with E-state index in [1.54, 1.807) is 35.4 Å². The molecule has 1 amide bonds. The van der Waals surface area contributed by atoms with E-state index in [1.807, 2.05) is 30.3 Å². The number of likely N-dealkylation sites (tertiary alicyclic amines) is 1. The van der Waals surface area contributed by atoms with Crippen molar-refractivity contribution in [2.45, 2.75) is 19.4 Å². The van der Waals surface area contributed by atoms with Gasteiger partial charge in [-0.05, 0) is 61.9 Å². The molecule has 1 saturated heterocycles. The molecular weight excluding hydrogens is 456 g/mol. The number of amides is 1. The van der Waals surface area contributed by atoms with Crippen LogP contribution in [0.5, 0.6) is 0 Å². The molecule has 4 aromatic rings.